The van der Waals surface area contributed by atoms with Gasteiger partial charge in [0.2, 0.25) is 5.91 Å². The van der Waals surface area contributed by atoms with Gasteiger partial charge in [0, 0.05) is 28.9 Å². The van der Waals surface area contributed by atoms with Gasteiger partial charge in [-0.3, -0.25) is 9.59 Å². The van der Waals surface area contributed by atoms with Gasteiger partial charge in [0.25, 0.3) is 5.91 Å². The molecule has 0 bridgehead atoms. The average Bonchev–Trinajstić information content (AvgIpc) is 3.48. The number of amides is 2. The Morgan fingerprint density at radius 2 is 1.88 bits per heavy atom. The first-order valence-electron chi connectivity index (χ1n) is 12.8. The molecule has 10 heteroatoms. The molecular formula is C30H26FN5O4. The summed E-state index contributed by atoms with van der Waals surface area (Å²) in [6.45, 7) is 0. The van der Waals surface area contributed by atoms with E-state index in [4.69, 9.17) is 10.2 Å². The van der Waals surface area contributed by atoms with Crippen molar-refractivity contribution in [3.63, 3.8) is 0 Å². The highest BCUT2D eigenvalue weighted by atomic mass is 19.1. The number of phenolic OH excluding ortho intramolecular Hbond substituents is 1. The topological polar surface area (TPSA) is 154 Å². The van der Waals surface area contributed by atoms with Crippen LogP contribution in [-0.2, 0) is 4.79 Å². The zero-order chi connectivity index (χ0) is 28.2. The number of nitrogens with zero attached hydrogens (tertiary/aromatic N) is 2. The fraction of sp³-hybridized carbons (Fsp3) is 0.200. The Hall–Kier alpha value is -5.01. The molecule has 1 saturated carbocycles. The van der Waals surface area contributed by atoms with Crippen molar-refractivity contribution in [2.24, 2.45) is 11.7 Å². The molecule has 1 aliphatic carbocycles. The number of rotatable bonds is 6. The Morgan fingerprint density at radius 3 is 2.60 bits per heavy atom. The van der Waals surface area contributed by atoms with Gasteiger partial charge in [-0.2, -0.15) is 5.26 Å². The van der Waals surface area contributed by atoms with E-state index in [1.165, 1.54) is 24.5 Å². The molecule has 2 heterocycles. The number of aromatic hydroxyl groups is 1. The number of phenols is 1. The third-order valence-electron chi connectivity index (χ3n) is 6.94. The van der Waals surface area contributed by atoms with Gasteiger partial charge in [0.15, 0.2) is 11.6 Å². The molecule has 2 unspecified atom stereocenters. The molecule has 5 N–H and O–H groups in total. The predicted octanol–water partition coefficient (Wildman–Crippen LogP) is 5.43. The molecule has 202 valence electrons. The number of pyridine rings is 1. The summed E-state index contributed by atoms with van der Waals surface area (Å²) in [4.78, 5) is 30.2. The Bertz CT molecular complexity index is 1610. The number of carbonyl (C=O) groups excluding carboxylic acids is 2. The zero-order valence-corrected chi connectivity index (χ0v) is 21.4. The summed E-state index contributed by atoms with van der Waals surface area (Å²) in [5.74, 6) is -2.16. The van der Waals surface area contributed by atoms with Gasteiger partial charge in [-0.1, -0.05) is 25.0 Å². The van der Waals surface area contributed by atoms with E-state index in [9.17, 15) is 24.3 Å². The lowest BCUT2D eigenvalue weighted by Gasteiger charge is -2.27. The lowest BCUT2D eigenvalue weighted by molar-refractivity contribution is -0.121. The Labute approximate surface area is 229 Å². The lowest BCUT2D eigenvalue weighted by atomic mass is 9.84. The molecule has 9 nitrogen and oxygen atoms in total. The van der Waals surface area contributed by atoms with Crippen LogP contribution in [0.3, 0.4) is 0 Å². The average molecular weight is 540 g/mol. The van der Waals surface area contributed by atoms with E-state index in [0.717, 1.165) is 31.7 Å². The fourth-order valence-corrected chi connectivity index (χ4v) is 4.90. The molecule has 0 spiro atoms. The van der Waals surface area contributed by atoms with Gasteiger partial charge in [0.05, 0.1) is 17.9 Å². The number of carbonyl (C=O) groups is 2. The van der Waals surface area contributed by atoms with Gasteiger partial charge in [0.1, 0.15) is 23.2 Å². The molecule has 5 rings (SSSR count). The van der Waals surface area contributed by atoms with Gasteiger partial charge in [-0.25, -0.2) is 9.37 Å². The van der Waals surface area contributed by atoms with E-state index >= 15 is 0 Å². The van der Waals surface area contributed by atoms with Crippen molar-refractivity contribution in [2.75, 3.05) is 10.6 Å². The number of halogens is 1. The van der Waals surface area contributed by atoms with Crippen molar-refractivity contribution in [3.05, 3.63) is 84.1 Å². The van der Waals surface area contributed by atoms with Crippen LogP contribution in [-0.4, -0.2) is 27.9 Å². The second kappa shape index (κ2) is 11.4. The number of nitriles is 1. The summed E-state index contributed by atoms with van der Waals surface area (Å²) in [6.07, 6.45) is 4.81. The standard InChI is InChI=1S/C30H26FN5O4/c31-18-10-11-21(26(37)14-18)25-15-22(23(16-32)28(35-25)36-30(39)27-9-4-12-40-27)17-5-3-6-19(13-17)34-29(38)20-7-1-2-8-24(20)33/h3-6,9-15,20,24,37H,1-2,7-8,33H2,(H,34,38)(H,35,36,39). The van der Waals surface area contributed by atoms with Crippen LogP contribution in [0.4, 0.5) is 15.9 Å². The molecular weight excluding hydrogens is 513 g/mol. The highest BCUT2D eigenvalue weighted by Crippen LogP contribution is 2.37. The van der Waals surface area contributed by atoms with Crippen LogP contribution in [0.2, 0.25) is 0 Å². The lowest BCUT2D eigenvalue weighted by Crippen LogP contribution is -2.40. The third-order valence-corrected chi connectivity index (χ3v) is 6.94. The minimum Gasteiger partial charge on any atom is -0.507 e. The van der Waals surface area contributed by atoms with Gasteiger partial charge < -0.3 is 25.9 Å². The number of hydrogen-bond donors (Lipinski definition) is 4. The molecule has 0 saturated heterocycles. The van der Waals surface area contributed by atoms with E-state index in [-0.39, 0.29) is 52.0 Å². The maximum absolute atomic E-state index is 13.7. The quantitative estimate of drug-likeness (QED) is 0.255. The van der Waals surface area contributed by atoms with Crippen LogP contribution in [0.25, 0.3) is 22.4 Å². The summed E-state index contributed by atoms with van der Waals surface area (Å²) >= 11 is 0. The predicted molar refractivity (Wildman–Crippen MR) is 147 cm³/mol. The second-order valence-electron chi connectivity index (χ2n) is 9.61. The summed E-state index contributed by atoms with van der Waals surface area (Å²) in [5, 5.41) is 26.1. The van der Waals surface area contributed by atoms with Crippen LogP contribution < -0.4 is 16.4 Å². The van der Waals surface area contributed by atoms with Crippen molar-refractivity contribution in [2.45, 2.75) is 31.7 Å². The van der Waals surface area contributed by atoms with Crippen LogP contribution in [0.5, 0.6) is 5.75 Å². The maximum atomic E-state index is 13.7. The first kappa shape index (κ1) is 26.6. The number of nitrogens with one attached hydrogen (secondary N) is 2. The van der Waals surface area contributed by atoms with E-state index < -0.39 is 11.7 Å². The van der Waals surface area contributed by atoms with Crippen molar-refractivity contribution in [1.29, 1.82) is 5.26 Å². The van der Waals surface area contributed by atoms with Crippen LogP contribution in [0.15, 0.2) is 71.3 Å². The molecule has 2 aromatic carbocycles. The Morgan fingerprint density at radius 1 is 1.05 bits per heavy atom. The third kappa shape index (κ3) is 5.55. The normalized spacial score (nSPS) is 16.6. The van der Waals surface area contributed by atoms with Gasteiger partial charge in [-0.15, -0.1) is 0 Å². The zero-order valence-electron chi connectivity index (χ0n) is 21.4. The number of aromatic nitrogens is 1. The molecule has 0 radical (unpaired) electrons. The first-order valence-corrected chi connectivity index (χ1v) is 12.8. The van der Waals surface area contributed by atoms with Crippen LogP contribution in [0.1, 0.15) is 41.8 Å². The highest BCUT2D eigenvalue weighted by Gasteiger charge is 2.28. The number of furan rings is 1. The van der Waals surface area contributed by atoms with Crippen LogP contribution in [0, 0.1) is 23.1 Å². The van der Waals surface area contributed by atoms with Gasteiger partial charge >= 0.3 is 0 Å². The number of hydrogen-bond acceptors (Lipinski definition) is 7. The van der Waals surface area contributed by atoms with Crippen molar-refractivity contribution < 1.29 is 23.5 Å². The highest BCUT2D eigenvalue weighted by molar-refractivity contribution is 6.03. The molecule has 1 aliphatic rings. The summed E-state index contributed by atoms with van der Waals surface area (Å²) < 4.78 is 18.9. The Balaban J connectivity index is 1.57. The number of anilines is 2. The van der Waals surface area contributed by atoms with Crippen molar-refractivity contribution in [3.8, 4) is 34.2 Å². The van der Waals surface area contributed by atoms with Crippen molar-refractivity contribution in [1.82, 2.24) is 4.98 Å². The smallest absolute Gasteiger partial charge is 0.292 e. The maximum Gasteiger partial charge on any atom is 0.292 e. The largest absolute Gasteiger partial charge is 0.507 e. The second-order valence-corrected chi connectivity index (χ2v) is 9.61. The van der Waals surface area contributed by atoms with E-state index in [1.807, 2.05) is 0 Å². The molecule has 4 aromatic rings. The molecule has 2 aromatic heterocycles. The molecule has 0 aliphatic heterocycles. The number of nitrogens with two attached hydrogens (primary N) is 1. The first-order chi connectivity index (χ1) is 19.3. The fourth-order valence-electron chi connectivity index (χ4n) is 4.90. The number of benzene rings is 2. The van der Waals surface area contributed by atoms with E-state index in [1.54, 1.807) is 36.4 Å². The van der Waals surface area contributed by atoms with Crippen molar-refractivity contribution >= 4 is 23.3 Å². The molecule has 40 heavy (non-hydrogen) atoms. The molecule has 2 atom stereocenters. The minimum absolute atomic E-state index is 0.00732. The van der Waals surface area contributed by atoms with E-state index in [2.05, 4.69) is 21.7 Å². The molecule has 2 amide bonds. The SMILES string of the molecule is N#Cc1c(-c2cccc(NC(=O)C3CCCCC3N)c2)cc(-c2ccc(F)cc2O)nc1NC(=O)c1ccco1. The van der Waals surface area contributed by atoms with E-state index in [0.29, 0.717) is 16.8 Å². The summed E-state index contributed by atoms with van der Waals surface area (Å²) in [6, 6.07) is 16.8. The summed E-state index contributed by atoms with van der Waals surface area (Å²) in [7, 11) is 0. The summed E-state index contributed by atoms with van der Waals surface area (Å²) in [5.41, 5.74) is 8.03. The monoisotopic (exact) mass is 539 g/mol. The van der Waals surface area contributed by atoms with Gasteiger partial charge in [-0.05, 0) is 60.9 Å². The van der Waals surface area contributed by atoms with Crippen LogP contribution >= 0.6 is 0 Å². The minimum atomic E-state index is -0.636. The Kier molecular flexibility index (Phi) is 7.57. The molecule has 1 fully saturated rings.